The van der Waals surface area contributed by atoms with Crippen molar-refractivity contribution in [2.24, 2.45) is 0 Å². The lowest BCUT2D eigenvalue weighted by molar-refractivity contribution is 0.499. The Labute approximate surface area is 110 Å². The van der Waals surface area contributed by atoms with Gasteiger partial charge in [0.25, 0.3) is 0 Å². The number of halogens is 3. The third-order valence-corrected chi connectivity index (χ3v) is 3.08. The topological polar surface area (TPSA) is 12.0 Å². The van der Waals surface area contributed by atoms with E-state index in [1.165, 1.54) is 12.1 Å². The molecule has 0 aliphatic heterocycles. The van der Waals surface area contributed by atoms with E-state index < -0.39 is 11.6 Å². The van der Waals surface area contributed by atoms with Gasteiger partial charge in [-0.15, -0.1) is 0 Å². The number of benzene rings is 2. The van der Waals surface area contributed by atoms with Gasteiger partial charge >= 0.3 is 0 Å². The Bertz CT molecular complexity index is 569. The first kappa shape index (κ1) is 13.6. The van der Waals surface area contributed by atoms with Crippen molar-refractivity contribution in [3.8, 4) is 0 Å². The fourth-order valence-electron chi connectivity index (χ4n) is 2.00. The fourth-order valence-corrected chi connectivity index (χ4v) is 2.00. The number of nitrogens with one attached hydrogen (secondary N) is 1. The summed E-state index contributed by atoms with van der Waals surface area (Å²) in [5.74, 6) is -2.08. The lowest BCUT2D eigenvalue weighted by Crippen LogP contribution is -2.19. The fraction of sp³-hybridized carbons (Fsp3) is 0.200. The van der Waals surface area contributed by atoms with Gasteiger partial charge in [-0.05, 0) is 42.8 Å². The standard InChI is InChI=1S/C15H14F3N/c1-19-15(9-10-4-2-3-5-12(10)16)11-6-7-13(17)14(18)8-11/h2-8,15,19H,9H2,1H3. The van der Waals surface area contributed by atoms with Crippen LogP contribution in [0.1, 0.15) is 17.2 Å². The van der Waals surface area contributed by atoms with E-state index in [9.17, 15) is 13.2 Å². The molecule has 2 aromatic carbocycles. The molecule has 0 heterocycles. The summed E-state index contributed by atoms with van der Waals surface area (Å²) in [5.41, 5.74) is 1.12. The van der Waals surface area contributed by atoms with Crippen molar-refractivity contribution in [3.05, 3.63) is 71.0 Å². The van der Waals surface area contributed by atoms with Crippen LogP contribution in [0.15, 0.2) is 42.5 Å². The summed E-state index contributed by atoms with van der Waals surface area (Å²) in [5, 5.41) is 2.98. The molecule has 0 saturated carbocycles. The van der Waals surface area contributed by atoms with Gasteiger partial charge in [0.05, 0.1) is 0 Å². The average Bonchev–Trinajstić information content (AvgIpc) is 2.41. The molecule has 1 nitrogen and oxygen atoms in total. The van der Waals surface area contributed by atoms with Gasteiger partial charge in [-0.2, -0.15) is 0 Å². The third-order valence-electron chi connectivity index (χ3n) is 3.08. The SMILES string of the molecule is CNC(Cc1ccccc1F)c1ccc(F)c(F)c1. The summed E-state index contributed by atoms with van der Waals surface area (Å²) < 4.78 is 39.7. The molecule has 2 aromatic rings. The minimum Gasteiger partial charge on any atom is -0.313 e. The van der Waals surface area contributed by atoms with E-state index in [2.05, 4.69) is 5.32 Å². The molecule has 0 amide bonds. The van der Waals surface area contributed by atoms with Gasteiger partial charge in [0.1, 0.15) is 5.82 Å². The molecule has 0 bridgehead atoms. The minimum atomic E-state index is -0.897. The number of likely N-dealkylation sites (N-methyl/N-ethyl adjacent to an activating group) is 1. The molecular weight excluding hydrogens is 251 g/mol. The zero-order valence-corrected chi connectivity index (χ0v) is 10.5. The van der Waals surface area contributed by atoms with E-state index in [0.29, 0.717) is 17.5 Å². The molecule has 0 spiro atoms. The molecule has 4 heteroatoms. The molecule has 100 valence electrons. The Morgan fingerprint density at radius 1 is 0.947 bits per heavy atom. The Morgan fingerprint density at radius 2 is 1.68 bits per heavy atom. The van der Waals surface area contributed by atoms with Gasteiger partial charge in [0.15, 0.2) is 11.6 Å². The van der Waals surface area contributed by atoms with E-state index in [0.717, 1.165) is 12.1 Å². The van der Waals surface area contributed by atoms with Crippen LogP contribution in [0.25, 0.3) is 0 Å². The second-order valence-corrected chi connectivity index (χ2v) is 4.31. The molecule has 0 aromatic heterocycles. The van der Waals surface area contributed by atoms with Crippen LogP contribution in [0.3, 0.4) is 0 Å². The zero-order chi connectivity index (χ0) is 13.8. The van der Waals surface area contributed by atoms with Gasteiger partial charge in [-0.25, -0.2) is 13.2 Å². The van der Waals surface area contributed by atoms with Crippen LogP contribution in [-0.2, 0) is 6.42 Å². The molecule has 0 fully saturated rings. The zero-order valence-electron chi connectivity index (χ0n) is 10.5. The summed E-state index contributed by atoms with van der Waals surface area (Å²) >= 11 is 0. The lowest BCUT2D eigenvalue weighted by atomic mass is 9.98. The predicted octanol–water partition coefficient (Wildman–Crippen LogP) is 3.61. The molecule has 1 atom stereocenters. The largest absolute Gasteiger partial charge is 0.313 e. The smallest absolute Gasteiger partial charge is 0.159 e. The van der Waals surface area contributed by atoms with Gasteiger partial charge in [-0.3, -0.25) is 0 Å². The highest BCUT2D eigenvalue weighted by atomic mass is 19.2. The van der Waals surface area contributed by atoms with Crippen LogP contribution in [0.2, 0.25) is 0 Å². The summed E-state index contributed by atoms with van der Waals surface area (Å²) in [6, 6.07) is 9.87. The van der Waals surface area contributed by atoms with Crippen LogP contribution in [0, 0.1) is 17.5 Å². The normalized spacial score (nSPS) is 12.4. The highest BCUT2D eigenvalue weighted by molar-refractivity contribution is 5.25. The van der Waals surface area contributed by atoms with Crippen LogP contribution < -0.4 is 5.32 Å². The third kappa shape index (κ3) is 3.15. The molecule has 0 aliphatic rings. The van der Waals surface area contributed by atoms with E-state index in [1.807, 2.05) is 0 Å². The number of hydrogen-bond acceptors (Lipinski definition) is 1. The van der Waals surface area contributed by atoms with Crippen molar-refractivity contribution >= 4 is 0 Å². The number of rotatable bonds is 4. The van der Waals surface area contributed by atoms with Gasteiger partial charge < -0.3 is 5.32 Å². The second kappa shape index (κ2) is 5.89. The molecule has 2 rings (SSSR count). The average molecular weight is 265 g/mol. The monoisotopic (exact) mass is 265 g/mol. The van der Waals surface area contributed by atoms with Gasteiger partial charge in [0, 0.05) is 6.04 Å². The summed E-state index contributed by atoms with van der Waals surface area (Å²) in [6.45, 7) is 0. The Balaban J connectivity index is 2.25. The minimum absolute atomic E-state index is 0.271. The summed E-state index contributed by atoms with van der Waals surface area (Å²) in [7, 11) is 1.70. The highest BCUT2D eigenvalue weighted by Crippen LogP contribution is 2.21. The van der Waals surface area contributed by atoms with Crippen molar-refractivity contribution < 1.29 is 13.2 Å². The van der Waals surface area contributed by atoms with Crippen molar-refractivity contribution in [3.63, 3.8) is 0 Å². The maximum Gasteiger partial charge on any atom is 0.159 e. The van der Waals surface area contributed by atoms with Crippen molar-refractivity contribution in [2.75, 3.05) is 7.05 Å². The van der Waals surface area contributed by atoms with E-state index in [-0.39, 0.29) is 11.9 Å². The number of hydrogen-bond donors (Lipinski definition) is 1. The first-order chi connectivity index (χ1) is 9.11. The Kier molecular flexibility index (Phi) is 4.22. The van der Waals surface area contributed by atoms with Gasteiger partial charge in [-0.1, -0.05) is 24.3 Å². The molecular formula is C15H14F3N. The highest BCUT2D eigenvalue weighted by Gasteiger charge is 2.14. The molecule has 0 saturated heterocycles. The van der Waals surface area contributed by atoms with Crippen molar-refractivity contribution in [2.45, 2.75) is 12.5 Å². The second-order valence-electron chi connectivity index (χ2n) is 4.31. The lowest BCUT2D eigenvalue weighted by Gasteiger charge is -2.17. The molecule has 0 radical (unpaired) electrons. The molecule has 0 aliphatic carbocycles. The first-order valence-corrected chi connectivity index (χ1v) is 5.97. The van der Waals surface area contributed by atoms with Crippen molar-refractivity contribution in [1.29, 1.82) is 0 Å². The molecule has 19 heavy (non-hydrogen) atoms. The maximum absolute atomic E-state index is 13.6. The van der Waals surface area contributed by atoms with Crippen LogP contribution in [0.4, 0.5) is 13.2 Å². The Hall–Kier alpha value is -1.81. The molecule has 1 N–H and O–H groups in total. The maximum atomic E-state index is 13.6. The van der Waals surface area contributed by atoms with Crippen LogP contribution in [0.5, 0.6) is 0 Å². The van der Waals surface area contributed by atoms with Gasteiger partial charge in [0.2, 0.25) is 0 Å². The Morgan fingerprint density at radius 3 is 2.32 bits per heavy atom. The van der Waals surface area contributed by atoms with E-state index in [1.54, 1.807) is 25.2 Å². The summed E-state index contributed by atoms with van der Waals surface area (Å²) in [4.78, 5) is 0. The van der Waals surface area contributed by atoms with E-state index in [4.69, 9.17) is 0 Å². The summed E-state index contributed by atoms with van der Waals surface area (Å²) in [6.07, 6.45) is 0.369. The van der Waals surface area contributed by atoms with Crippen molar-refractivity contribution in [1.82, 2.24) is 5.32 Å². The predicted molar refractivity (Wildman–Crippen MR) is 68.3 cm³/mol. The van der Waals surface area contributed by atoms with Crippen LogP contribution in [-0.4, -0.2) is 7.05 Å². The quantitative estimate of drug-likeness (QED) is 0.890. The molecule has 1 unspecified atom stereocenters. The van der Waals surface area contributed by atoms with E-state index >= 15 is 0 Å². The first-order valence-electron chi connectivity index (χ1n) is 5.97. The van der Waals surface area contributed by atoms with Crippen LogP contribution >= 0.6 is 0 Å².